The maximum Gasteiger partial charge on any atom is 0.224 e. The number of piperidine rings is 1. The predicted octanol–water partition coefficient (Wildman–Crippen LogP) is 6.34. The maximum atomic E-state index is 12.6. The van der Waals surface area contributed by atoms with E-state index in [1.807, 2.05) is 61.5 Å². The number of ether oxygens (including phenoxy) is 2. The Morgan fingerprint density at radius 1 is 0.861 bits per heavy atom. The number of hydrogen-bond acceptors (Lipinski definition) is 4. The van der Waals surface area contributed by atoms with E-state index in [1.54, 1.807) is 0 Å². The van der Waals surface area contributed by atoms with Gasteiger partial charge in [-0.1, -0.05) is 42.5 Å². The van der Waals surface area contributed by atoms with E-state index in [-0.39, 0.29) is 5.91 Å². The van der Waals surface area contributed by atoms with Gasteiger partial charge >= 0.3 is 0 Å². The molecule has 0 saturated carbocycles. The number of rotatable bonds is 12. The summed E-state index contributed by atoms with van der Waals surface area (Å²) >= 11 is 0. The Labute approximate surface area is 215 Å². The van der Waals surface area contributed by atoms with Crippen molar-refractivity contribution in [1.29, 1.82) is 0 Å². The molecule has 0 radical (unpaired) electrons. The normalized spacial score (nSPS) is 14.4. The topological polar surface area (TPSA) is 50.8 Å². The molecule has 1 heterocycles. The SMILES string of the molecule is CCOc1ccc(CCCN2CCC(CC(=O)Nc3ccc(OCc4ccccc4)cc3)CC2)cc1. The molecule has 190 valence electrons. The molecule has 0 atom stereocenters. The molecule has 5 nitrogen and oxygen atoms in total. The van der Waals surface area contributed by atoms with Crippen molar-refractivity contribution >= 4 is 11.6 Å². The number of carbonyl (C=O) groups excluding carboxylic acids is 1. The minimum atomic E-state index is 0.0990. The Bertz CT molecular complexity index is 1040. The van der Waals surface area contributed by atoms with Gasteiger partial charge in [-0.15, -0.1) is 0 Å². The van der Waals surface area contributed by atoms with Crippen LogP contribution in [0.3, 0.4) is 0 Å². The first-order valence-corrected chi connectivity index (χ1v) is 13.2. The summed E-state index contributed by atoms with van der Waals surface area (Å²) in [6, 6.07) is 26.2. The highest BCUT2D eigenvalue weighted by molar-refractivity contribution is 5.90. The van der Waals surface area contributed by atoms with Gasteiger partial charge in [-0.25, -0.2) is 0 Å². The minimum Gasteiger partial charge on any atom is -0.494 e. The number of carbonyl (C=O) groups is 1. The van der Waals surface area contributed by atoms with Crippen molar-refractivity contribution < 1.29 is 14.3 Å². The van der Waals surface area contributed by atoms with E-state index >= 15 is 0 Å². The van der Waals surface area contributed by atoms with E-state index in [0.29, 0.717) is 25.6 Å². The van der Waals surface area contributed by atoms with Crippen LogP contribution in [0.4, 0.5) is 5.69 Å². The number of nitrogens with one attached hydrogen (secondary N) is 1. The Kier molecular flexibility index (Phi) is 9.80. The molecule has 3 aromatic carbocycles. The first-order chi connectivity index (χ1) is 17.7. The van der Waals surface area contributed by atoms with Crippen LogP contribution in [0.2, 0.25) is 0 Å². The second-order valence-electron chi connectivity index (χ2n) is 9.52. The average Bonchev–Trinajstić information content (AvgIpc) is 2.91. The van der Waals surface area contributed by atoms with E-state index in [9.17, 15) is 4.79 Å². The van der Waals surface area contributed by atoms with Crippen LogP contribution in [0.5, 0.6) is 11.5 Å². The molecule has 0 aliphatic carbocycles. The lowest BCUT2D eigenvalue weighted by Gasteiger charge is -2.31. The van der Waals surface area contributed by atoms with Gasteiger partial charge in [0, 0.05) is 12.1 Å². The maximum absolute atomic E-state index is 12.6. The van der Waals surface area contributed by atoms with Crippen LogP contribution in [0.1, 0.15) is 43.7 Å². The van der Waals surface area contributed by atoms with Crippen molar-refractivity contribution in [1.82, 2.24) is 4.90 Å². The molecule has 4 rings (SSSR count). The largest absolute Gasteiger partial charge is 0.494 e. The number of anilines is 1. The summed E-state index contributed by atoms with van der Waals surface area (Å²) in [5.74, 6) is 2.30. The monoisotopic (exact) mass is 486 g/mol. The van der Waals surface area contributed by atoms with Gasteiger partial charge in [0.2, 0.25) is 5.91 Å². The molecule has 36 heavy (non-hydrogen) atoms. The van der Waals surface area contributed by atoms with Crippen molar-refractivity contribution in [2.24, 2.45) is 5.92 Å². The first-order valence-electron chi connectivity index (χ1n) is 13.2. The lowest BCUT2D eigenvalue weighted by molar-refractivity contribution is -0.117. The molecule has 3 aromatic rings. The van der Waals surface area contributed by atoms with Crippen LogP contribution >= 0.6 is 0 Å². The van der Waals surface area contributed by atoms with Crippen LogP contribution < -0.4 is 14.8 Å². The molecule has 1 amide bonds. The average molecular weight is 487 g/mol. The van der Waals surface area contributed by atoms with Crippen molar-refractivity contribution in [3.8, 4) is 11.5 Å². The molecule has 1 N–H and O–H groups in total. The lowest BCUT2D eigenvalue weighted by atomic mass is 9.93. The summed E-state index contributed by atoms with van der Waals surface area (Å²) in [6.45, 7) is 6.52. The zero-order valence-electron chi connectivity index (χ0n) is 21.3. The minimum absolute atomic E-state index is 0.0990. The molecule has 5 heteroatoms. The Morgan fingerprint density at radius 2 is 1.53 bits per heavy atom. The van der Waals surface area contributed by atoms with E-state index in [0.717, 1.165) is 68.1 Å². The third kappa shape index (κ3) is 8.42. The Morgan fingerprint density at radius 3 is 2.22 bits per heavy atom. The number of likely N-dealkylation sites (tertiary alicyclic amines) is 1. The molecule has 1 aliphatic heterocycles. The fourth-order valence-electron chi connectivity index (χ4n) is 4.69. The quantitative estimate of drug-likeness (QED) is 0.325. The van der Waals surface area contributed by atoms with Crippen molar-refractivity contribution in [2.75, 3.05) is 31.6 Å². The third-order valence-corrected chi connectivity index (χ3v) is 6.74. The molecule has 0 spiro atoms. The summed E-state index contributed by atoms with van der Waals surface area (Å²) in [5, 5.41) is 3.05. The summed E-state index contributed by atoms with van der Waals surface area (Å²) in [6.07, 6.45) is 5.01. The molecule has 1 fully saturated rings. The second-order valence-corrected chi connectivity index (χ2v) is 9.52. The second kappa shape index (κ2) is 13.7. The summed E-state index contributed by atoms with van der Waals surface area (Å²) < 4.78 is 11.3. The Hall–Kier alpha value is -3.31. The summed E-state index contributed by atoms with van der Waals surface area (Å²) in [5.41, 5.74) is 3.31. The molecule has 0 aromatic heterocycles. The summed E-state index contributed by atoms with van der Waals surface area (Å²) in [7, 11) is 0. The van der Waals surface area contributed by atoms with E-state index in [4.69, 9.17) is 9.47 Å². The van der Waals surface area contributed by atoms with E-state index in [2.05, 4.69) is 34.5 Å². The molecule has 1 saturated heterocycles. The summed E-state index contributed by atoms with van der Waals surface area (Å²) in [4.78, 5) is 15.1. The smallest absolute Gasteiger partial charge is 0.224 e. The number of amides is 1. The number of hydrogen-bond donors (Lipinski definition) is 1. The van der Waals surface area contributed by atoms with Gasteiger partial charge < -0.3 is 19.7 Å². The van der Waals surface area contributed by atoms with Crippen molar-refractivity contribution in [3.05, 3.63) is 90.0 Å². The van der Waals surface area contributed by atoms with Gasteiger partial charge in [0.1, 0.15) is 18.1 Å². The van der Waals surface area contributed by atoms with Crippen LogP contribution in [-0.2, 0) is 17.8 Å². The van der Waals surface area contributed by atoms with Crippen LogP contribution in [0.15, 0.2) is 78.9 Å². The van der Waals surface area contributed by atoms with Crippen LogP contribution in [0.25, 0.3) is 0 Å². The van der Waals surface area contributed by atoms with Gasteiger partial charge in [-0.2, -0.15) is 0 Å². The van der Waals surface area contributed by atoms with Crippen LogP contribution in [-0.4, -0.2) is 37.0 Å². The van der Waals surface area contributed by atoms with Crippen molar-refractivity contribution in [2.45, 2.75) is 45.6 Å². The number of aryl methyl sites for hydroxylation is 1. The van der Waals surface area contributed by atoms with Gasteiger partial charge in [0.05, 0.1) is 6.61 Å². The predicted molar refractivity (Wildman–Crippen MR) is 146 cm³/mol. The van der Waals surface area contributed by atoms with E-state index in [1.165, 1.54) is 5.56 Å². The van der Waals surface area contributed by atoms with Gasteiger partial charge in [0.15, 0.2) is 0 Å². The number of benzene rings is 3. The van der Waals surface area contributed by atoms with Gasteiger partial charge in [0.25, 0.3) is 0 Å². The highest BCUT2D eigenvalue weighted by atomic mass is 16.5. The molecule has 1 aliphatic rings. The standard InChI is InChI=1S/C31H38N2O3/c1-2-35-29-14-10-25(11-15-29)9-6-20-33-21-18-26(19-22-33)23-31(34)32-28-12-16-30(17-13-28)36-24-27-7-4-3-5-8-27/h3-5,7-8,10-17,26H,2,6,9,18-24H2,1H3,(H,32,34). The zero-order valence-corrected chi connectivity index (χ0v) is 21.3. The Balaban J connectivity index is 1.10. The molecular weight excluding hydrogens is 448 g/mol. The molecule has 0 unspecified atom stereocenters. The first kappa shape index (κ1) is 25.8. The molecule has 0 bridgehead atoms. The zero-order chi connectivity index (χ0) is 25.0. The molecular formula is C31H38N2O3. The van der Waals surface area contributed by atoms with Gasteiger partial charge in [-0.05, 0) is 106 Å². The van der Waals surface area contributed by atoms with Crippen molar-refractivity contribution in [3.63, 3.8) is 0 Å². The lowest BCUT2D eigenvalue weighted by Crippen LogP contribution is -2.35. The number of nitrogens with zero attached hydrogens (tertiary/aromatic N) is 1. The van der Waals surface area contributed by atoms with Gasteiger partial charge in [-0.3, -0.25) is 4.79 Å². The van der Waals surface area contributed by atoms with E-state index < -0.39 is 0 Å². The highest BCUT2D eigenvalue weighted by Crippen LogP contribution is 2.23. The van der Waals surface area contributed by atoms with Crippen LogP contribution in [0, 0.1) is 5.92 Å². The fourth-order valence-corrected chi connectivity index (χ4v) is 4.69. The fraction of sp³-hybridized carbons (Fsp3) is 0.387. The highest BCUT2D eigenvalue weighted by Gasteiger charge is 2.21. The third-order valence-electron chi connectivity index (χ3n) is 6.74.